The maximum absolute atomic E-state index is 13.0. The van der Waals surface area contributed by atoms with Crippen LogP contribution in [0.4, 0.5) is 13.2 Å². The number of benzene rings is 2. The van der Waals surface area contributed by atoms with Gasteiger partial charge in [0, 0.05) is 0 Å². The molecule has 0 amide bonds. The first-order valence-electron chi connectivity index (χ1n) is 6.55. The highest BCUT2D eigenvalue weighted by Gasteiger charge is 2.34. The molecule has 0 bridgehead atoms. The topological polar surface area (TPSA) is 35.2 Å². The summed E-state index contributed by atoms with van der Waals surface area (Å²) in [4.78, 5) is 0. The van der Waals surface area contributed by atoms with Crippen molar-refractivity contribution in [1.29, 1.82) is 0 Å². The monoisotopic (exact) mass is 295 g/mol. The zero-order valence-corrected chi connectivity index (χ0v) is 11.6. The van der Waals surface area contributed by atoms with E-state index in [1.807, 2.05) is 12.1 Å². The lowest BCUT2D eigenvalue weighted by molar-refractivity contribution is -0.138. The number of aryl methyl sites for hydroxylation is 1. The number of rotatable bonds is 4. The van der Waals surface area contributed by atoms with E-state index in [0.29, 0.717) is 18.7 Å². The zero-order chi connectivity index (χ0) is 15.5. The van der Waals surface area contributed by atoms with Gasteiger partial charge in [-0.15, -0.1) is 0 Å². The fourth-order valence-electron chi connectivity index (χ4n) is 1.98. The first kappa shape index (κ1) is 15.4. The molecule has 112 valence electrons. The molecule has 0 aliphatic carbocycles. The van der Waals surface area contributed by atoms with Crippen molar-refractivity contribution in [2.45, 2.75) is 19.5 Å². The highest BCUT2D eigenvalue weighted by atomic mass is 19.4. The number of para-hydroxylation sites is 1. The van der Waals surface area contributed by atoms with Crippen molar-refractivity contribution in [3.8, 4) is 11.5 Å². The van der Waals surface area contributed by atoms with Crippen LogP contribution in [0.1, 0.15) is 16.7 Å². The maximum atomic E-state index is 13.0. The summed E-state index contributed by atoms with van der Waals surface area (Å²) in [5.41, 5.74) is 6.41. The number of nitrogens with two attached hydrogens (primary N) is 1. The smallest absolute Gasteiger partial charge is 0.419 e. The van der Waals surface area contributed by atoms with Crippen molar-refractivity contribution in [3.63, 3.8) is 0 Å². The van der Waals surface area contributed by atoms with E-state index < -0.39 is 11.7 Å². The molecule has 2 aromatic rings. The molecule has 0 radical (unpaired) electrons. The van der Waals surface area contributed by atoms with Gasteiger partial charge in [-0.2, -0.15) is 13.2 Å². The molecule has 0 unspecified atom stereocenters. The molecule has 5 heteroatoms. The summed E-state index contributed by atoms with van der Waals surface area (Å²) in [5.74, 6) is 0.218. The predicted molar refractivity (Wildman–Crippen MR) is 75.5 cm³/mol. The van der Waals surface area contributed by atoms with E-state index >= 15 is 0 Å². The largest absolute Gasteiger partial charge is 0.456 e. The third-order valence-electron chi connectivity index (χ3n) is 3.10. The van der Waals surface area contributed by atoms with Crippen LogP contribution < -0.4 is 10.5 Å². The molecule has 0 aliphatic heterocycles. The van der Waals surface area contributed by atoms with Crippen molar-refractivity contribution in [2.75, 3.05) is 6.54 Å². The summed E-state index contributed by atoms with van der Waals surface area (Å²) < 4.78 is 44.4. The molecule has 0 spiro atoms. The Hall–Kier alpha value is -2.01. The Kier molecular flexibility index (Phi) is 4.53. The second-order valence-electron chi connectivity index (χ2n) is 4.73. The van der Waals surface area contributed by atoms with E-state index in [1.165, 1.54) is 18.2 Å². The third-order valence-corrected chi connectivity index (χ3v) is 3.10. The second-order valence-corrected chi connectivity index (χ2v) is 4.73. The Morgan fingerprint density at radius 2 is 1.76 bits per heavy atom. The molecule has 2 nitrogen and oxygen atoms in total. The van der Waals surface area contributed by atoms with Crippen molar-refractivity contribution in [2.24, 2.45) is 5.73 Å². The van der Waals surface area contributed by atoms with Crippen LogP contribution in [-0.4, -0.2) is 6.54 Å². The first-order chi connectivity index (χ1) is 9.91. The van der Waals surface area contributed by atoms with E-state index in [0.717, 1.165) is 17.2 Å². The van der Waals surface area contributed by atoms with E-state index in [-0.39, 0.29) is 5.75 Å². The molecule has 2 rings (SSSR count). The summed E-state index contributed by atoms with van der Waals surface area (Å²) in [7, 11) is 0. The zero-order valence-electron chi connectivity index (χ0n) is 11.6. The SMILES string of the molecule is Cc1ccc(CCN)cc1Oc1ccccc1C(F)(F)F. The average molecular weight is 295 g/mol. The number of hydrogen-bond acceptors (Lipinski definition) is 2. The molecule has 0 aliphatic rings. The van der Waals surface area contributed by atoms with Crippen molar-refractivity contribution in [3.05, 3.63) is 59.2 Å². The second kappa shape index (κ2) is 6.18. The predicted octanol–water partition coefficient (Wildman–Crippen LogP) is 4.31. The lowest BCUT2D eigenvalue weighted by Gasteiger charge is -2.15. The molecule has 2 aromatic carbocycles. The number of alkyl halides is 3. The van der Waals surface area contributed by atoms with Gasteiger partial charge < -0.3 is 10.5 Å². The first-order valence-corrected chi connectivity index (χ1v) is 6.55. The summed E-state index contributed by atoms with van der Waals surface area (Å²) in [6, 6.07) is 10.6. The van der Waals surface area contributed by atoms with Gasteiger partial charge in [0.25, 0.3) is 0 Å². The van der Waals surface area contributed by atoms with Gasteiger partial charge in [0.15, 0.2) is 0 Å². The molecule has 0 heterocycles. The van der Waals surface area contributed by atoms with Gasteiger partial charge >= 0.3 is 6.18 Å². The summed E-state index contributed by atoms with van der Waals surface area (Å²) in [6.45, 7) is 2.26. The van der Waals surface area contributed by atoms with Crippen LogP contribution in [0.3, 0.4) is 0 Å². The lowest BCUT2D eigenvalue weighted by atomic mass is 10.1. The molecule has 0 saturated heterocycles. The van der Waals surface area contributed by atoms with Crippen LogP contribution >= 0.6 is 0 Å². The van der Waals surface area contributed by atoms with E-state index in [9.17, 15) is 13.2 Å². The minimum atomic E-state index is -4.45. The highest BCUT2D eigenvalue weighted by Crippen LogP contribution is 2.38. The molecule has 2 N–H and O–H groups in total. The third kappa shape index (κ3) is 3.76. The number of halogens is 3. The van der Waals surface area contributed by atoms with E-state index in [4.69, 9.17) is 10.5 Å². The molecular formula is C16H16F3NO. The van der Waals surface area contributed by atoms with Gasteiger partial charge in [0.2, 0.25) is 0 Å². The van der Waals surface area contributed by atoms with Crippen molar-refractivity contribution in [1.82, 2.24) is 0 Å². The Bertz CT molecular complexity index is 623. The van der Waals surface area contributed by atoms with E-state index in [2.05, 4.69) is 0 Å². The molecule has 0 fully saturated rings. The van der Waals surface area contributed by atoms with E-state index in [1.54, 1.807) is 13.0 Å². The molecule has 0 atom stereocenters. The molecule has 21 heavy (non-hydrogen) atoms. The standard InChI is InChI=1S/C16H16F3NO/c1-11-6-7-12(8-9-20)10-15(11)21-14-5-3-2-4-13(14)16(17,18)19/h2-7,10H,8-9,20H2,1H3. The van der Waals surface area contributed by atoms with Gasteiger partial charge in [0.05, 0.1) is 5.56 Å². The van der Waals surface area contributed by atoms with Crippen LogP contribution in [-0.2, 0) is 12.6 Å². The number of ether oxygens (including phenoxy) is 1. The van der Waals surface area contributed by atoms with Crippen LogP contribution in [0.15, 0.2) is 42.5 Å². The Morgan fingerprint density at radius 3 is 2.43 bits per heavy atom. The van der Waals surface area contributed by atoms with Gasteiger partial charge in [-0.1, -0.05) is 24.3 Å². The minimum Gasteiger partial charge on any atom is -0.456 e. The Morgan fingerprint density at radius 1 is 1.05 bits per heavy atom. The van der Waals surface area contributed by atoms with Gasteiger partial charge in [-0.3, -0.25) is 0 Å². The average Bonchev–Trinajstić information content (AvgIpc) is 2.42. The highest BCUT2D eigenvalue weighted by molar-refractivity contribution is 5.43. The maximum Gasteiger partial charge on any atom is 0.419 e. The van der Waals surface area contributed by atoms with Crippen LogP contribution in [0.25, 0.3) is 0 Å². The minimum absolute atomic E-state index is 0.196. The summed E-state index contributed by atoms with van der Waals surface area (Å²) in [6.07, 6.45) is -3.79. The summed E-state index contributed by atoms with van der Waals surface area (Å²) in [5, 5.41) is 0. The van der Waals surface area contributed by atoms with Crippen LogP contribution in [0, 0.1) is 6.92 Å². The van der Waals surface area contributed by atoms with Gasteiger partial charge in [-0.25, -0.2) is 0 Å². The van der Waals surface area contributed by atoms with Gasteiger partial charge in [0.1, 0.15) is 11.5 Å². The lowest BCUT2D eigenvalue weighted by Crippen LogP contribution is -2.07. The quantitative estimate of drug-likeness (QED) is 0.912. The fourth-order valence-corrected chi connectivity index (χ4v) is 1.98. The normalized spacial score (nSPS) is 11.5. The number of hydrogen-bond donors (Lipinski definition) is 1. The Labute approximate surface area is 121 Å². The van der Waals surface area contributed by atoms with Crippen LogP contribution in [0.5, 0.6) is 11.5 Å². The molecule has 0 aromatic heterocycles. The van der Waals surface area contributed by atoms with Crippen molar-refractivity contribution >= 4 is 0 Å². The summed E-state index contributed by atoms with van der Waals surface area (Å²) >= 11 is 0. The molecular weight excluding hydrogens is 279 g/mol. The Balaban J connectivity index is 2.36. The van der Waals surface area contributed by atoms with Gasteiger partial charge in [-0.05, 0) is 49.2 Å². The van der Waals surface area contributed by atoms with Crippen LogP contribution in [0.2, 0.25) is 0 Å². The van der Waals surface area contributed by atoms with Crippen molar-refractivity contribution < 1.29 is 17.9 Å². The molecule has 0 saturated carbocycles. The fraction of sp³-hybridized carbons (Fsp3) is 0.250.